The van der Waals surface area contributed by atoms with Crippen LogP contribution < -0.4 is 5.56 Å². The van der Waals surface area contributed by atoms with Crippen molar-refractivity contribution < 1.29 is 5.11 Å². The van der Waals surface area contributed by atoms with Gasteiger partial charge in [-0.3, -0.25) is 19.4 Å². The van der Waals surface area contributed by atoms with Crippen LogP contribution in [0.1, 0.15) is 31.2 Å². The van der Waals surface area contributed by atoms with E-state index < -0.39 is 5.56 Å². The SMILES string of the molecule is O=c1[nH]c(=S)n(-c2ccccc2)c(O)c1C=NN1CCCCCC1. The van der Waals surface area contributed by atoms with Crippen molar-refractivity contribution in [2.24, 2.45) is 5.10 Å². The van der Waals surface area contributed by atoms with Crippen LogP contribution in [0, 0.1) is 4.77 Å². The number of H-pyrrole nitrogens is 1. The minimum Gasteiger partial charge on any atom is -0.494 e. The van der Waals surface area contributed by atoms with E-state index in [-0.39, 0.29) is 16.2 Å². The molecular weight excluding hydrogens is 324 g/mol. The Bertz CT molecular complexity index is 834. The molecule has 0 amide bonds. The highest BCUT2D eigenvalue weighted by Crippen LogP contribution is 2.18. The summed E-state index contributed by atoms with van der Waals surface area (Å²) in [6.07, 6.45) is 6.02. The predicted octanol–water partition coefficient (Wildman–Crippen LogP) is 2.81. The zero-order chi connectivity index (χ0) is 16.9. The lowest BCUT2D eigenvalue weighted by molar-refractivity contribution is 0.302. The lowest BCUT2D eigenvalue weighted by atomic mass is 10.2. The van der Waals surface area contributed by atoms with Crippen LogP contribution in [0.2, 0.25) is 0 Å². The molecule has 3 rings (SSSR count). The third-order valence-electron chi connectivity index (χ3n) is 4.07. The fraction of sp³-hybridized carbons (Fsp3) is 0.353. The molecule has 1 aliphatic rings. The van der Waals surface area contributed by atoms with E-state index in [1.54, 1.807) is 0 Å². The summed E-state index contributed by atoms with van der Waals surface area (Å²) < 4.78 is 1.58. The lowest BCUT2D eigenvalue weighted by Gasteiger charge is -2.16. The number of aromatic nitrogens is 2. The molecule has 0 atom stereocenters. The summed E-state index contributed by atoms with van der Waals surface area (Å²) in [4.78, 5) is 14.8. The molecule has 1 fully saturated rings. The van der Waals surface area contributed by atoms with Crippen LogP contribution in [0.5, 0.6) is 5.88 Å². The maximum Gasteiger partial charge on any atom is 0.264 e. The van der Waals surface area contributed by atoms with Gasteiger partial charge in [-0.25, -0.2) is 0 Å². The first-order valence-electron chi connectivity index (χ1n) is 8.09. The van der Waals surface area contributed by atoms with Gasteiger partial charge in [-0.2, -0.15) is 5.10 Å². The van der Waals surface area contributed by atoms with Crippen LogP contribution in [0.15, 0.2) is 40.2 Å². The molecule has 0 unspecified atom stereocenters. The fourth-order valence-corrected chi connectivity index (χ4v) is 3.06. The summed E-state index contributed by atoms with van der Waals surface area (Å²) in [6.45, 7) is 1.74. The molecule has 24 heavy (non-hydrogen) atoms. The summed E-state index contributed by atoms with van der Waals surface area (Å²) in [7, 11) is 0. The molecule has 0 aliphatic carbocycles. The summed E-state index contributed by atoms with van der Waals surface area (Å²) in [5, 5.41) is 16.9. The van der Waals surface area contributed by atoms with Crippen molar-refractivity contribution in [1.29, 1.82) is 0 Å². The largest absolute Gasteiger partial charge is 0.494 e. The summed E-state index contributed by atoms with van der Waals surface area (Å²) in [6, 6.07) is 9.17. The standard InChI is InChI=1S/C17H20N4O2S/c22-15-14(12-18-20-10-6-1-2-7-11-20)16(23)21(17(24)19-15)13-8-4-3-5-9-13/h3-5,8-9,12,23H,1-2,6-7,10-11H2,(H,19,22,24). The predicted molar refractivity (Wildman–Crippen MR) is 96.5 cm³/mol. The molecule has 1 aromatic carbocycles. The number of hydrogen-bond donors (Lipinski definition) is 2. The molecule has 126 valence electrons. The summed E-state index contributed by atoms with van der Waals surface area (Å²) in [5.74, 6) is -0.200. The Balaban J connectivity index is 1.99. The minimum atomic E-state index is -0.441. The van der Waals surface area contributed by atoms with Crippen molar-refractivity contribution in [2.45, 2.75) is 25.7 Å². The molecule has 0 saturated carbocycles. The fourth-order valence-electron chi connectivity index (χ4n) is 2.78. The second-order valence-corrected chi connectivity index (χ2v) is 6.17. The molecule has 1 saturated heterocycles. The average Bonchev–Trinajstić information content (AvgIpc) is 2.84. The van der Waals surface area contributed by atoms with Gasteiger partial charge in [-0.1, -0.05) is 31.0 Å². The number of aromatic amines is 1. The number of para-hydroxylation sites is 1. The number of nitrogens with zero attached hydrogens (tertiary/aromatic N) is 3. The highest BCUT2D eigenvalue weighted by atomic mass is 32.1. The molecular formula is C17H20N4O2S. The summed E-state index contributed by atoms with van der Waals surface area (Å²) in [5.41, 5.74) is 0.348. The Morgan fingerprint density at radius 2 is 1.79 bits per heavy atom. The highest BCUT2D eigenvalue weighted by Gasteiger charge is 2.13. The van der Waals surface area contributed by atoms with Gasteiger partial charge in [-0.05, 0) is 37.2 Å². The molecule has 6 nitrogen and oxygen atoms in total. The molecule has 0 radical (unpaired) electrons. The van der Waals surface area contributed by atoms with E-state index in [1.807, 2.05) is 35.3 Å². The number of hydrazone groups is 1. The number of aromatic hydroxyl groups is 1. The number of nitrogens with one attached hydrogen (secondary N) is 1. The second-order valence-electron chi connectivity index (χ2n) is 5.78. The van der Waals surface area contributed by atoms with Crippen LogP contribution >= 0.6 is 12.2 Å². The van der Waals surface area contributed by atoms with Crippen molar-refractivity contribution in [1.82, 2.24) is 14.6 Å². The Labute approximate surface area is 145 Å². The van der Waals surface area contributed by atoms with Gasteiger partial charge in [-0.15, -0.1) is 0 Å². The Hall–Kier alpha value is -2.41. The van der Waals surface area contributed by atoms with Gasteiger partial charge in [0.2, 0.25) is 5.88 Å². The van der Waals surface area contributed by atoms with Gasteiger partial charge in [0.25, 0.3) is 5.56 Å². The third kappa shape index (κ3) is 3.56. The van der Waals surface area contributed by atoms with Crippen molar-refractivity contribution >= 4 is 18.4 Å². The maximum atomic E-state index is 12.2. The second kappa shape index (κ2) is 7.44. The van der Waals surface area contributed by atoms with Gasteiger partial charge < -0.3 is 5.11 Å². The van der Waals surface area contributed by atoms with E-state index in [2.05, 4.69) is 10.1 Å². The van der Waals surface area contributed by atoms with Crippen LogP contribution in [0.4, 0.5) is 0 Å². The molecule has 1 aliphatic heterocycles. The smallest absolute Gasteiger partial charge is 0.264 e. The Morgan fingerprint density at radius 3 is 2.46 bits per heavy atom. The highest BCUT2D eigenvalue weighted by molar-refractivity contribution is 7.71. The van der Waals surface area contributed by atoms with Gasteiger partial charge in [0.1, 0.15) is 5.56 Å². The molecule has 1 aromatic heterocycles. The molecule has 2 aromatic rings. The average molecular weight is 344 g/mol. The number of hydrogen-bond acceptors (Lipinski definition) is 5. The molecule has 0 bridgehead atoms. The van der Waals surface area contributed by atoms with Gasteiger partial charge in [0.15, 0.2) is 4.77 Å². The van der Waals surface area contributed by atoms with E-state index in [9.17, 15) is 9.90 Å². The normalized spacial score (nSPS) is 15.6. The molecule has 0 spiro atoms. The minimum absolute atomic E-state index is 0.108. The van der Waals surface area contributed by atoms with Crippen molar-refractivity contribution in [2.75, 3.05) is 13.1 Å². The molecule has 2 N–H and O–H groups in total. The van der Waals surface area contributed by atoms with Crippen molar-refractivity contribution in [3.63, 3.8) is 0 Å². The van der Waals surface area contributed by atoms with E-state index in [4.69, 9.17) is 12.2 Å². The van der Waals surface area contributed by atoms with Gasteiger partial charge in [0, 0.05) is 13.1 Å². The van der Waals surface area contributed by atoms with Gasteiger partial charge >= 0.3 is 0 Å². The van der Waals surface area contributed by atoms with Crippen molar-refractivity contribution in [3.8, 4) is 11.6 Å². The third-order valence-corrected chi connectivity index (χ3v) is 4.35. The first-order chi connectivity index (χ1) is 11.7. The van der Waals surface area contributed by atoms with E-state index >= 15 is 0 Å². The first-order valence-corrected chi connectivity index (χ1v) is 8.50. The molecule has 7 heteroatoms. The number of rotatable bonds is 3. The van der Waals surface area contributed by atoms with Gasteiger partial charge in [0.05, 0.1) is 11.9 Å². The molecule has 2 heterocycles. The van der Waals surface area contributed by atoms with E-state index in [1.165, 1.54) is 23.6 Å². The van der Waals surface area contributed by atoms with Crippen LogP contribution in [-0.4, -0.2) is 39.0 Å². The Kier molecular flexibility index (Phi) is 5.10. The quantitative estimate of drug-likeness (QED) is 0.663. The monoisotopic (exact) mass is 344 g/mol. The lowest BCUT2D eigenvalue weighted by Crippen LogP contribution is -2.21. The maximum absolute atomic E-state index is 12.2. The van der Waals surface area contributed by atoms with Crippen LogP contribution in [0.3, 0.4) is 0 Å². The Morgan fingerprint density at radius 1 is 1.12 bits per heavy atom. The first kappa shape index (κ1) is 16.4. The zero-order valence-electron chi connectivity index (χ0n) is 13.3. The van der Waals surface area contributed by atoms with E-state index in [0.717, 1.165) is 25.9 Å². The summed E-state index contributed by atoms with van der Waals surface area (Å²) >= 11 is 5.19. The number of benzene rings is 1. The zero-order valence-corrected chi connectivity index (χ0v) is 14.1. The van der Waals surface area contributed by atoms with Crippen LogP contribution in [0.25, 0.3) is 5.69 Å². The van der Waals surface area contributed by atoms with E-state index in [0.29, 0.717) is 5.69 Å². The van der Waals surface area contributed by atoms with Crippen molar-refractivity contribution in [3.05, 3.63) is 51.0 Å². The topological polar surface area (TPSA) is 73.6 Å². The van der Waals surface area contributed by atoms with Crippen LogP contribution in [-0.2, 0) is 0 Å².